The summed E-state index contributed by atoms with van der Waals surface area (Å²) in [6.07, 6.45) is 4.64. The highest BCUT2D eigenvalue weighted by atomic mass is 79.9. The SMILES string of the molecule is CC(NS(=O)(=O)c1cc(CN)sc1Br)C1CCCC1. The number of halogens is 1. The first kappa shape index (κ1) is 15.4. The van der Waals surface area contributed by atoms with Crippen molar-refractivity contribution in [3.63, 3.8) is 0 Å². The Hall–Kier alpha value is 0.0500. The number of nitrogens with one attached hydrogen (secondary N) is 1. The summed E-state index contributed by atoms with van der Waals surface area (Å²) in [5, 5.41) is 0. The van der Waals surface area contributed by atoms with E-state index >= 15 is 0 Å². The van der Waals surface area contributed by atoms with Crippen molar-refractivity contribution in [2.75, 3.05) is 0 Å². The van der Waals surface area contributed by atoms with Crippen LogP contribution in [0.25, 0.3) is 0 Å². The molecule has 0 saturated heterocycles. The van der Waals surface area contributed by atoms with Gasteiger partial charge in [-0.25, -0.2) is 13.1 Å². The second kappa shape index (κ2) is 6.22. The Bertz CT molecular complexity index is 536. The minimum atomic E-state index is -3.46. The predicted molar refractivity (Wildman–Crippen MR) is 81.7 cm³/mol. The van der Waals surface area contributed by atoms with Gasteiger partial charge in [0.15, 0.2) is 0 Å². The third-order valence-corrected chi connectivity index (χ3v) is 7.48. The summed E-state index contributed by atoms with van der Waals surface area (Å²) in [4.78, 5) is 1.17. The molecule has 1 saturated carbocycles. The minimum Gasteiger partial charge on any atom is -0.326 e. The first-order valence-electron chi connectivity index (χ1n) is 6.44. The first-order valence-corrected chi connectivity index (χ1v) is 9.54. The maximum Gasteiger partial charge on any atom is 0.242 e. The number of hydrogen-bond donors (Lipinski definition) is 2. The summed E-state index contributed by atoms with van der Waals surface area (Å²) < 4.78 is 28.2. The molecular formula is C12H19BrN2O2S2. The van der Waals surface area contributed by atoms with Crippen molar-refractivity contribution in [3.05, 3.63) is 14.7 Å². The van der Waals surface area contributed by atoms with Crippen molar-refractivity contribution in [2.45, 2.75) is 50.1 Å². The van der Waals surface area contributed by atoms with Crippen molar-refractivity contribution in [2.24, 2.45) is 11.7 Å². The van der Waals surface area contributed by atoms with E-state index in [1.165, 1.54) is 24.2 Å². The molecule has 4 nitrogen and oxygen atoms in total. The Morgan fingerprint density at radius 2 is 2.16 bits per heavy atom. The van der Waals surface area contributed by atoms with Gasteiger partial charge in [-0.3, -0.25) is 0 Å². The lowest BCUT2D eigenvalue weighted by molar-refractivity contribution is 0.424. The van der Waals surface area contributed by atoms with Gasteiger partial charge >= 0.3 is 0 Å². The normalized spacial score (nSPS) is 18.9. The molecular weight excluding hydrogens is 348 g/mol. The molecule has 0 spiro atoms. The molecule has 0 aliphatic heterocycles. The molecule has 0 radical (unpaired) electrons. The molecule has 19 heavy (non-hydrogen) atoms. The lowest BCUT2D eigenvalue weighted by atomic mass is 10.0. The van der Waals surface area contributed by atoms with Gasteiger partial charge in [0.1, 0.15) is 4.90 Å². The molecule has 0 amide bonds. The Labute approximate surface area is 127 Å². The van der Waals surface area contributed by atoms with Gasteiger partial charge in [-0.2, -0.15) is 0 Å². The molecule has 1 unspecified atom stereocenters. The molecule has 108 valence electrons. The van der Waals surface area contributed by atoms with Crippen LogP contribution < -0.4 is 10.5 Å². The number of sulfonamides is 1. The summed E-state index contributed by atoms with van der Waals surface area (Å²) in [6.45, 7) is 2.31. The van der Waals surface area contributed by atoms with Crippen molar-refractivity contribution in [1.29, 1.82) is 0 Å². The van der Waals surface area contributed by atoms with E-state index < -0.39 is 10.0 Å². The van der Waals surface area contributed by atoms with Gasteiger partial charge in [-0.05, 0) is 47.7 Å². The summed E-state index contributed by atoms with van der Waals surface area (Å²) >= 11 is 4.68. The molecule has 1 aliphatic carbocycles. The average molecular weight is 367 g/mol. The Kier molecular flexibility index (Phi) is 5.05. The molecule has 0 aromatic carbocycles. The standard InChI is InChI=1S/C12H19BrN2O2S2/c1-8(9-4-2-3-5-9)15-19(16,17)11-6-10(7-14)18-12(11)13/h6,8-9,15H,2-5,7,14H2,1H3. The van der Waals surface area contributed by atoms with Gasteiger partial charge in [-0.1, -0.05) is 12.8 Å². The maximum atomic E-state index is 12.4. The molecule has 1 fully saturated rings. The lowest BCUT2D eigenvalue weighted by Gasteiger charge is -2.20. The molecule has 3 N–H and O–H groups in total. The van der Waals surface area contributed by atoms with Gasteiger partial charge in [0.25, 0.3) is 0 Å². The van der Waals surface area contributed by atoms with Crippen molar-refractivity contribution in [1.82, 2.24) is 4.72 Å². The fourth-order valence-corrected chi connectivity index (χ4v) is 6.42. The minimum absolute atomic E-state index is 0.0133. The van der Waals surface area contributed by atoms with Gasteiger partial charge < -0.3 is 5.73 Å². The van der Waals surface area contributed by atoms with Crippen LogP contribution in [0.3, 0.4) is 0 Å². The van der Waals surface area contributed by atoms with Gasteiger partial charge in [0.2, 0.25) is 10.0 Å². The van der Waals surface area contributed by atoms with Crippen molar-refractivity contribution >= 4 is 37.3 Å². The Balaban J connectivity index is 2.14. The maximum absolute atomic E-state index is 12.4. The highest BCUT2D eigenvalue weighted by Crippen LogP contribution is 2.33. The second-order valence-corrected chi connectivity index (χ2v) is 9.15. The van der Waals surface area contributed by atoms with E-state index in [1.807, 2.05) is 6.92 Å². The summed E-state index contributed by atoms with van der Waals surface area (Å²) in [7, 11) is -3.46. The summed E-state index contributed by atoms with van der Waals surface area (Å²) in [6, 6.07) is 1.64. The Morgan fingerprint density at radius 1 is 1.53 bits per heavy atom. The molecule has 0 bridgehead atoms. The van der Waals surface area contributed by atoms with E-state index in [0.29, 0.717) is 21.1 Å². The molecule has 1 heterocycles. The van der Waals surface area contributed by atoms with Crippen LogP contribution in [0, 0.1) is 5.92 Å². The van der Waals surface area contributed by atoms with E-state index in [1.54, 1.807) is 6.07 Å². The fourth-order valence-electron chi connectivity index (χ4n) is 2.54. The van der Waals surface area contributed by atoms with E-state index in [-0.39, 0.29) is 6.04 Å². The van der Waals surface area contributed by atoms with E-state index in [2.05, 4.69) is 20.7 Å². The average Bonchev–Trinajstić information content (AvgIpc) is 2.96. The first-order chi connectivity index (χ1) is 8.94. The van der Waals surface area contributed by atoms with E-state index in [0.717, 1.165) is 17.7 Å². The molecule has 1 aromatic rings. The van der Waals surface area contributed by atoms with Crippen LogP contribution in [-0.2, 0) is 16.6 Å². The second-order valence-electron chi connectivity index (χ2n) is 5.01. The van der Waals surface area contributed by atoms with Crippen LogP contribution in [0.15, 0.2) is 14.7 Å². The largest absolute Gasteiger partial charge is 0.326 e. The van der Waals surface area contributed by atoms with Crippen LogP contribution >= 0.6 is 27.3 Å². The molecule has 1 aliphatic rings. The van der Waals surface area contributed by atoms with Crippen LogP contribution in [0.4, 0.5) is 0 Å². The van der Waals surface area contributed by atoms with Crippen LogP contribution in [0.2, 0.25) is 0 Å². The number of rotatable bonds is 5. The lowest BCUT2D eigenvalue weighted by Crippen LogP contribution is -2.37. The molecule has 7 heteroatoms. The van der Waals surface area contributed by atoms with Gasteiger partial charge in [-0.15, -0.1) is 11.3 Å². The Morgan fingerprint density at radius 3 is 2.68 bits per heavy atom. The third kappa shape index (κ3) is 3.58. The smallest absolute Gasteiger partial charge is 0.242 e. The van der Waals surface area contributed by atoms with Gasteiger partial charge in [0, 0.05) is 17.5 Å². The topological polar surface area (TPSA) is 72.2 Å². The molecule has 1 aromatic heterocycles. The van der Waals surface area contributed by atoms with Crippen molar-refractivity contribution < 1.29 is 8.42 Å². The number of hydrogen-bond acceptors (Lipinski definition) is 4. The van der Waals surface area contributed by atoms with Gasteiger partial charge in [0.05, 0.1) is 3.79 Å². The number of thiophene rings is 1. The fraction of sp³-hybridized carbons (Fsp3) is 0.667. The monoisotopic (exact) mass is 366 g/mol. The van der Waals surface area contributed by atoms with Crippen LogP contribution in [0.5, 0.6) is 0 Å². The molecule has 1 atom stereocenters. The zero-order valence-electron chi connectivity index (χ0n) is 10.9. The third-order valence-electron chi connectivity index (χ3n) is 3.65. The molecule has 2 rings (SSSR count). The summed E-state index contributed by atoms with van der Waals surface area (Å²) in [5.74, 6) is 0.459. The zero-order valence-corrected chi connectivity index (χ0v) is 14.1. The van der Waals surface area contributed by atoms with E-state index in [9.17, 15) is 8.42 Å². The predicted octanol–water partition coefficient (Wildman–Crippen LogP) is 2.83. The van der Waals surface area contributed by atoms with Crippen LogP contribution in [0.1, 0.15) is 37.5 Å². The number of nitrogens with two attached hydrogens (primary N) is 1. The highest BCUT2D eigenvalue weighted by molar-refractivity contribution is 9.11. The van der Waals surface area contributed by atoms with Crippen molar-refractivity contribution in [3.8, 4) is 0 Å². The quantitative estimate of drug-likeness (QED) is 0.841. The van der Waals surface area contributed by atoms with E-state index in [4.69, 9.17) is 5.73 Å². The summed E-state index contributed by atoms with van der Waals surface area (Å²) in [5.41, 5.74) is 5.55. The zero-order chi connectivity index (χ0) is 14.0. The van der Waals surface area contributed by atoms with Crippen LogP contribution in [-0.4, -0.2) is 14.5 Å². The highest BCUT2D eigenvalue weighted by Gasteiger charge is 2.28.